The molecule has 0 saturated heterocycles. The monoisotopic (exact) mass is 406 g/mol. The molecule has 0 radical (unpaired) electrons. The number of hydrogen-bond donors (Lipinski definition) is 2. The van der Waals surface area contributed by atoms with Crippen molar-refractivity contribution in [1.29, 1.82) is 0 Å². The number of aliphatic imine (C=N–C) groups is 1. The summed E-state index contributed by atoms with van der Waals surface area (Å²) >= 11 is 0. The van der Waals surface area contributed by atoms with Crippen molar-refractivity contribution in [3.63, 3.8) is 0 Å². The Morgan fingerprint density at radius 2 is 1.52 bits per heavy atom. The summed E-state index contributed by atoms with van der Waals surface area (Å²) in [5.41, 5.74) is 3.81. The fourth-order valence-electron chi connectivity index (χ4n) is 3.23. The summed E-state index contributed by atoms with van der Waals surface area (Å²) in [5.74, 6) is 6.75. The molecular formula is C22H22N4O2S. The van der Waals surface area contributed by atoms with Crippen LogP contribution >= 0.6 is 0 Å². The van der Waals surface area contributed by atoms with Crippen LogP contribution in [-0.4, -0.2) is 32.4 Å². The number of rotatable bonds is 6. The average molecular weight is 407 g/mol. The molecular weight excluding hydrogens is 384 g/mol. The lowest BCUT2D eigenvalue weighted by atomic mass is 10.0. The first kappa shape index (κ1) is 19.2. The van der Waals surface area contributed by atoms with Gasteiger partial charge in [-0.3, -0.25) is 14.7 Å². The van der Waals surface area contributed by atoms with Crippen LogP contribution in [0.5, 0.6) is 0 Å². The van der Waals surface area contributed by atoms with E-state index in [1.54, 1.807) is 47.5 Å². The Hall–Kier alpha value is -3.16. The Labute approximate surface area is 170 Å². The van der Waals surface area contributed by atoms with Gasteiger partial charge in [-0.25, -0.2) is 14.3 Å². The van der Waals surface area contributed by atoms with E-state index in [0.717, 1.165) is 42.0 Å². The highest BCUT2D eigenvalue weighted by Crippen LogP contribution is 2.18. The zero-order chi connectivity index (χ0) is 20.3. The molecule has 0 amide bonds. The molecule has 4 rings (SSSR count). The molecule has 3 N–H and O–H groups in total. The summed E-state index contributed by atoms with van der Waals surface area (Å²) < 4.78 is 27.4. The van der Waals surface area contributed by atoms with Crippen molar-refractivity contribution < 1.29 is 8.42 Å². The summed E-state index contributed by atoms with van der Waals surface area (Å²) in [6.07, 6.45) is 0.755. The first-order chi connectivity index (χ1) is 14.0. The molecule has 3 aromatic rings. The van der Waals surface area contributed by atoms with Crippen LogP contribution in [0.15, 0.2) is 88.8 Å². The minimum atomic E-state index is -3.58. The summed E-state index contributed by atoms with van der Waals surface area (Å²) in [6, 6.07) is 23.9. The van der Waals surface area contributed by atoms with Crippen molar-refractivity contribution in [3.05, 3.63) is 95.6 Å². The van der Waals surface area contributed by atoms with Gasteiger partial charge in [0.15, 0.2) is 0 Å². The molecule has 0 bridgehead atoms. The summed E-state index contributed by atoms with van der Waals surface area (Å²) in [4.78, 5) is 4.67. The quantitative estimate of drug-likeness (QED) is 0.616. The molecule has 6 nitrogen and oxygen atoms in total. The van der Waals surface area contributed by atoms with Gasteiger partial charge in [-0.1, -0.05) is 54.6 Å². The number of benzene rings is 3. The lowest BCUT2D eigenvalue weighted by Gasteiger charge is -2.13. The Bertz CT molecular complexity index is 1110. The van der Waals surface area contributed by atoms with E-state index in [1.165, 1.54) is 0 Å². The number of nitrogens with one attached hydrogen (secondary N) is 1. The van der Waals surface area contributed by atoms with Crippen LogP contribution in [0.25, 0.3) is 0 Å². The second kappa shape index (κ2) is 8.06. The first-order valence-corrected chi connectivity index (χ1v) is 10.8. The third-order valence-corrected chi connectivity index (χ3v) is 6.15. The Balaban J connectivity index is 1.42. The van der Waals surface area contributed by atoms with Gasteiger partial charge in [-0.05, 0) is 41.8 Å². The van der Waals surface area contributed by atoms with Crippen molar-refractivity contribution in [1.82, 2.24) is 5.01 Å². The van der Waals surface area contributed by atoms with Crippen LogP contribution in [0.2, 0.25) is 0 Å². The van der Waals surface area contributed by atoms with Crippen molar-refractivity contribution in [2.45, 2.75) is 11.3 Å². The van der Waals surface area contributed by atoms with E-state index in [0.29, 0.717) is 5.69 Å². The number of nitrogens with two attached hydrogens (primary N) is 1. The highest BCUT2D eigenvalue weighted by Gasteiger charge is 2.15. The van der Waals surface area contributed by atoms with Gasteiger partial charge in [0.1, 0.15) is 5.84 Å². The number of hydrogen-bond acceptors (Lipinski definition) is 5. The van der Waals surface area contributed by atoms with E-state index in [4.69, 9.17) is 5.84 Å². The highest BCUT2D eigenvalue weighted by molar-refractivity contribution is 7.92. The molecule has 0 saturated carbocycles. The minimum absolute atomic E-state index is 0.243. The van der Waals surface area contributed by atoms with Crippen LogP contribution in [0, 0.1) is 0 Å². The zero-order valence-electron chi connectivity index (χ0n) is 15.8. The van der Waals surface area contributed by atoms with Crippen LogP contribution in [0.1, 0.15) is 16.7 Å². The van der Waals surface area contributed by atoms with Gasteiger partial charge in [0.25, 0.3) is 10.0 Å². The molecule has 148 valence electrons. The maximum atomic E-state index is 12.4. The third-order valence-electron chi connectivity index (χ3n) is 4.75. The predicted octanol–water partition coefficient (Wildman–Crippen LogP) is 3.01. The molecule has 0 unspecified atom stereocenters. The molecule has 1 aliphatic rings. The molecule has 7 heteroatoms. The number of sulfonamides is 1. The third kappa shape index (κ3) is 4.47. The molecule has 1 aliphatic heterocycles. The van der Waals surface area contributed by atoms with Gasteiger partial charge < -0.3 is 0 Å². The maximum Gasteiger partial charge on any atom is 0.261 e. The Kier molecular flexibility index (Phi) is 5.33. The smallest absolute Gasteiger partial charge is 0.261 e. The van der Waals surface area contributed by atoms with Crippen LogP contribution in [-0.2, 0) is 16.4 Å². The zero-order valence-corrected chi connectivity index (χ0v) is 16.6. The first-order valence-electron chi connectivity index (χ1n) is 9.34. The fourth-order valence-corrected chi connectivity index (χ4v) is 4.31. The maximum absolute atomic E-state index is 12.4. The number of hydrazine groups is 1. The summed E-state index contributed by atoms with van der Waals surface area (Å²) in [7, 11) is -3.58. The van der Waals surface area contributed by atoms with Gasteiger partial charge in [0.2, 0.25) is 0 Å². The SMILES string of the molecule is NN1CCN=C1c1ccc(Cc2ccc(NS(=O)(=O)c3ccccc3)cc2)cc1. The van der Waals surface area contributed by atoms with Crippen LogP contribution < -0.4 is 10.6 Å². The van der Waals surface area contributed by atoms with Gasteiger partial charge in [-0.15, -0.1) is 0 Å². The second-order valence-electron chi connectivity index (χ2n) is 6.89. The fraction of sp³-hybridized carbons (Fsp3) is 0.136. The van der Waals surface area contributed by atoms with Crippen molar-refractivity contribution in [2.75, 3.05) is 17.8 Å². The topological polar surface area (TPSA) is 87.8 Å². The number of anilines is 1. The molecule has 1 heterocycles. The molecule has 0 atom stereocenters. The Morgan fingerprint density at radius 1 is 0.897 bits per heavy atom. The van der Waals surface area contributed by atoms with E-state index in [9.17, 15) is 8.42 Å². The van der Waals surface area contributed by atoms with Crippen LogP contribution in [0.3, 0.4) is 0 Å². The standard InChI is InChI=1S/C22H22N4O2S/c23-26-15-14-24-22(26)19-10-6-17(7-11-19)16-18-8-12-20(13-9-18)25-29(27,28)21-4-2-1-3-5-21/h1-13,25H,14-16,23H2. The van der Waals surface area contributed by atoms with Gasteiger partial charge in [0.05, 0.1) is 18.0 Å². The molecule has 0 spiro atoms. The molecule has 0 aliphatic carbocycles. The highest BCUT2D eigenvalue weighted by atomic mass is 32.2. The van der Waals surface area contributed by atoms with Crippen molar-refractivity contribution >= 4 is 21.5 Å². The van der Waals surface area contributed by atoms with E-state index < -0.39 is 10.0 Å². The Morgan fingerprint density at radius 3 is 2.10 bits per heavy atom. The molecule has 0 aromatic heterocycles. The lowest BCUT2D eigenvalue weighted by molar-refractivity contribution is 0.484. The molecule has 29 heavy (non-hydrogen) atoms. The van der Waals surface area contributed by atoms with Gasteiger partial charge in [-0.2, -0.15) is 0 Å². The van der Waals surface area contributed by atoms with Gasteiger partial charge >= 0.3 is 0 Å². The van der Waals surface area contributed by atoms with Crippen molar-refractivity contribution in [3.8, 4) is 0 Å². The van der Waals surface area contributed by atoms with Crippen molar-refractivity contribution in [2.24, 2.45) is 10.8 Å². The normalized spacial score (nSPS) is 14.0. The van der Waals surface area contributed by atoms with E-state index in [2.05, 4.69) is 21.8 Å². The predicted molar refractivity (Wildman–Crippen MR) is 115 cm³/mol. The number of amidine groups is 1. The number of nitrogens with zero attached hydrogens (tertiary/aromatic N) is 2. The summed E-state index contributed by atoms with van der Waals surface area (Å²) in [6.45, 7) is 1.48. The van der Waals surface area contributed by atoms with Crippen LogP contribution in [0.4, 0.5) is 5.69 Å². The summed E-state index contributed by atoms with van der Waals surface area (Å²) in [5, 5.41) is 1.67. The van der Waals surface area contributed by atoms with E-state index >= 15 is 0 Å². The largest absolute Gasteiger partial charge is 0.293 e. The average Bonchev–Trinajstić information content (AvgIpc) is 3.16. The minimum Gasteiger partial charge on any atom is -0.293 e. The second-order valence-corrected chi connectivity index (χ2v) is 8.57. The van der Waals surface area contributed by atoms with Gasteiger partial charge in [0, 0.05) is 11.3 Å². The molecule has 3 aromatic carbocycles. The molecule has 0 fully saturated rings. The van der Waals surface area contributed by atoms with E-state index in [1.807, 2.05) is 24.3 Å². The van der Waals surface area contributed by atoms with E-state index in [-0.39, 0.29) is 4.90 Å². The lowest BCUT2D eigenvalue weighted by Crippen LogP contribution is -2.34.